The Kier molecular flexibility index (Phi) is 2.56. The van der Waals surface area contributed by atoms with Gasteiger partial charge in [0.2, 0.25) is 5.91 Å². The molecule has 14 heavy (non-hydrogen) atoms. The predicted octanol–water partition coefficient (Wildman–Crippen LogP) is 1.10. The lowest BCUT2D eigenvalue weighted by Gasteiger charge is -2.07. The normalized spacial score (nSPS) is 9.86. The fraction of sp³-hybridized carbons (Fsp3) is 0.200. The Morgan fingerprint density at radius 1 is 1.29 bits per heavy atom. The van der Waals surface area contributed by atoms with Gasteiger partial charge in [-0.2, -0.15) is 0 Å². The second kappa shape index (κ2) is 3.49. The third kappa shape index (κ3) is 1.74. The molecule has 1 aromatic carbocycles. The molecule has 0 radical (unpaired) electrons. The van der Waals surface area contributed by atoms with E-state index >= 15 is 0 Å². The number of aromatic carboxylic acids is 1. The van der Waals surface area contributed by atoms with Crippen LogP contribution in [0.1, 0.15) is 31.8 Å². The summed E-state index contributed by atoms with van der Waals surface area (Å²) in [7, 11) is 0. The van der Waals surface area contributed by atoms with Gasteiger partial charge in [-0.15, -0.1) is 0 Å². The van der Waals surface area contributed by atoms with Crippen LogP contribution in [-0.4, -0.2) is 17.0 Å². The van der Waals surface area contributed by atoms with Crippen LogP contribution >= 0.6 is 0 Å². The van der Waals surface area contributed by atoms with E-state index in [1.165, 1.54) is 6.07 Å². The Labute approximate surface area is 81.3 Å². The molecule has 0 atom stereocenters. The number of aryl methyl sites for hydroxylation is 2. The number of hydrogen-bond acceptors (Lipinski definition) is 2. The number of primary amides is 1. The molecule has 4 nitrogen and oxygen atoms in total. The van der Waals surface area contributed by atoms with Crippen molar-refractivity contribution in [2.45, 2.75) is 13.8 Å². The van der Waals surface area contributed by atoms with Crippen molar-refractivity contribution in [3.63, 3.8) is 0 Å². The lowest BCUT2D eigenvalue weighted by molar-refractivity contribution is 0.0691. The number of carboxylic acid groups (broad SMARTS) is 1. The number of rotatable bonds is 2. The van der Waals surface area contributed by atoms with Crippen LogP contribution in [0.25, 0.3) is 0 Å². The zero-order valence-corrected chi connectivity index (χ0v) is 8.00. The molecule has 0 fully saturated rings. The van der Waals surface area contributed by atoms with Crippen molar-refractivity contribution >= 4 is 11.9 Å². The maximum Gasteiger partial charge on any atom is 0.336 e. The molecule has 0 unspecified atom stereocenters. The quantitative estimate of drug-likeness (QED) is 0.738. The van der Waals surface area contributed by atoms with E-state index in [0.717, 1.165) is 5.56 Å². The van der Waals surface area contributed by atoms with Crippen molar-refractivity contribution in [1.82, 2.24) is 0 Å². The first-order chi connectivity index (χ1) is 6.43. The maximum atomic E-state index is 11.0. The average Bonchev–Trinajstić information content (AvgIpc) is 2.01. The minimum Gasteiger partial charge on any atom is -0.478 e. The molecular formula is C10H11NO3. The van der Waals surface area contributed by atoms with Crippen molar-refractivity contribution in [2.75, 3.05) is 0 Å². The first-order valence-electron chi connectivity index (χ1n) is 4.08. The third-order valence-electron chi connectivity index (χ3n) is 1.96. The van der Waals surface area contributed by atoms with Gasteiger partial charge in [-0.3, -0.25) is 4.79 Å². The fourth-order valence-electron chi connectivity index (χ4n) is 1.46. The van der Waals surface area contributed by atoms with Gasteiger partial charge in [0, 0.05) is 0 Å². The van der Waals surface area contributed by atoms with E-state index in [2.05, 4.69) is 0 Å². The number of hydrogen-bond donors (Lipinski definition) is 2. The second-order valence-corrected chi connectivity index (χ2v) is 3.17. The SMILES string of the molecule is Cc1cc(C)c(C(N)=O)c(C(=O)O)c1. The van der Waals surface area contributed by atoms with Gasteiger partial charge in [-0.05, 0) is 31.0 Å². The number of nitrogens with two attached hydrogens (primary N) is 1. The monoisotopic (exact) mass is 193 g/mol. The van der Waals surface area contributed by atoms with E-state index in [1.807, 2.05) is 0 Å². The van der Waals surface area contributed by atoms with Gasteiger partial charge in [0.15, 0.2) is 0 Å². The molecule has 0 aromatic heterocycles. The molecule has 0 aliphatic carbocycles. The summed E-state index contributed by atoms with van der Waals surface area (Å²) in [6, 6.07) is 3.17. The summed E-state index contributed by atoms with van der Waals surface area (Å²) >= 11 is 0. The zero-order valence-electron chi connectivity index (χ0n) is 8.00. The number of carbonyl (C=O) groups excluding carboxylic acids is 1. The highest BCUT2D eigenvalue weighted by Gasteiger charge is 2.16. The summed E-state index contributed by atoms with van der Waals surface area (Å²) in [5.41, 5.74) is 6.54. The molecular weight excluding hydrogens is 182 g/mol. The topological polar surface area (TPSA) is 80.4 Å². The van der Waals surface area contributed by atoms with E-state index in [-0.39, 0.29) is 11.1 Å². The van der Waals surface area contributed by atoms with Gasteiger partial charge >= 0.3 is 5.97 Å². The molecule has 3 N–H and O–H groups in total. The van der Waals surface area contributed by atoms with Gasteiger partial charge in [0.25, 0.3) is 0 Å². The summed E-state index contributed by atoms with van der Waals surface area (Å²) in [6.07, 6.45) is 0. The van der Waals surface area contributed by atoms with Gasteiger partial charge in [0.1, 0.15) is 0 Å². The van der Waals surface area contributed by atoms with Gasteiger partial charge < -0.3 is 10.8 Å². The van der Waals surface area contributed by atoms with Crippen molar-refractivity contribution in [2.24, 2.45) is 5.73 Å². The van der Waals surface area contributed by atoms with E-state index in [0.29, 0.717) is 5.56 Å². The standard InChI is InChI=1S/C10H11NO3/c1-5-3-6(2)8(9(11)12)7(4-5)10(13)14/h3-4H,1-2H3,(H2,11,12)(H,13,14). The second-order valence-electron chi connectivity index (χ2n) is 3.17. The smallest absolute Gasteiger partial charge is 0.336 e. The highest BCUT2D eigenvalue weighted by Crippen LogP contribution is 2.16. The Balaban J connectivity index is 3.52. The predicted molar refractivity (Wildman–Crippen MR) is 51.4 cm³/mol. The molecule has 0 aliphatic rings. The molecule has 4 heteroatoms. The highest BCUT2D eigenvalue weighted by molar-refractivity contribution is 6.05. The van der Waals surface area contributed by atoms with Gasteiger partial charge in [-0.1, -0.05) is 6.07 Å². The molecule has 0 heterocycles. The fourth-order valence-corrected chi connectivity index (χ4v) is 1.46. The Bertz CT molecular complexity index is 410. The van der Waals surface area contributed by atoms with Crippen LogP contribution in [-0.2, 0) is 0 Å². The van der Waals surface area contributed by atoms with Crippen LogP contribution in [0, 0.1) is 13.8 Å². The minimum atomic E-state index is -1.13. The number of amides is 1. The van der Waals surface area contributed by atoms with Crippen molar-refractivity contribution in [3.05, 3.63) is 34.4 Å². The van der Waals surface area contributed by atoms with E-state index in [1.54, 1.807) is 19.9 Å². The molecule has 0 saturated carbocycles. The van der Waals surface area contributed by atoms with Crippen LogP contribution in [0.3, 0.4) is 0 Å². The Morgan fingerprint density at radius 3 is 2.29 bits per heavy atom. The molecule has 1 rings (SSSR count). The molecule has 1 aromatic rings. The van der Waals surface area contributed by atoms with Crippen molar-refractivity contribution < 1.29 is 14.7 Å². The van der Waals surface area contributed by atoms with Crippen LogP contribution in [0.4, 0.5) is 0 Å². The molecule has 1 amide bonds. The van der Waals surface area contributed by atoms with E-state index in [9.17, 15) is 9.59 Å². The third-order valence-corrected chi connectivity index (χ3v) is 1.96. The summed E-state index contributed by atoms with van der Waals surface area (Å²) in [5.74, 6) is -1.84. The molecule has 0 aliphatic heterocycles. The highest BCUT2D eigenvalue weighted by atomic mass is 16.4. The maximum absolute atomic E-state index is 11.0. The van der Waals surface area contributed by atoms with Crippen LogP contribution in [0.5, 0.6) is 0 Å². The number of benzene rings is 1. The van der Waals surface area contributed by atoms with Crippen LogP contribution < -0.4 is 5.73 Å². The molecule has 0 spiro atoms. The lowest BCUT2D eigenvalue weighted by Crippen LogP contribution is -2.18. The van der Waals surface area contributed by atoms with Crippen molar-refractivity contribution in [3.8, 4) is 0 Å². The van der Waals surface area contributed by atoms with Gasteiger partial charge in [-0.25, -0.2) is 4.79 Å². The largest absolute Gasteiger partial charge is 0.478 e. The summed E-state index contributed by atoms with van der Waals surface area (Å²) < 4.78 is 0. The van der Waals surface area contributed by atoms with Gasteiger partial charge in [0.05, 0.1) is 11.1 Å². The number of carboxylic acids is 1. The zero-order chi connectivity index (χ0) is 10.9. The first kappa shape index (κ1) is 10.2. The van der Waals surface area contributed by atoms with E-state index < -0.39 is 11.9 Å². The molecule has 74 valence electrons. The molecule has 0 bridgehead atoms. The number of carbonyl (C=O) groups is 2. The summed E-state index contributed by atoms with van der Waals surface area (Å²) in [6.45, 7) is 3.43. The lowest BCUT2D eigenvalue weighted by atomic mass is 9.98. The Hall–Kier alpha value is -1.84. The first-order valence-corrected chi connectivity index (χ1v) is 4.08. The average molecular weight is 193 g/mol. The Morgan fingerprint density at radius 2 is 1.86 bits per heavy atom. The van der Waals surface area contributed by atoms with Crippen LogP contribution in [0.2, 0.25) is 0 Å². The summed E-state index contributed by atoms with van der Waals surface area (Å²) in [4.78, 5) is 21.8. The summed E-state index contributed by atoms with van der Waals surface area (Å²) in [5, 5.41) is 8.86. The minimum absolute atomic E-state index is 0.0324. The van der Waals surface area contributed by atoms with Crippen LogP contribution in [0.15, 0.2) is 12.1 Å². The molecule has 0 saturated heterocycles. The van der Waals surface area contributed by atoms with Crippen molar-refractivity contribution in [1.29, 1.82) is 0 Å². The van der Waals surface area contributed by atoms with E-state index in [4.69, 9.17) is 10.8 Å².